The average Bonchev–Trinajstić information content (AvgIpc) is 2.81. The molecule has 1 aromatic carbocycles. The van der Waals surface area contributed by atoms with Crippen LogP contribution in [0.2, 0.25) is 0 Å². The van der Waals surface area contributed by atoms with Gasteiger partial charge < -0.3 is 9.84 Å². The molecule has 16 heavy (non-hydrogen) atoms. The van der Waals surface area contributed by atoms with E-state index in [4.69, 9.17) is 9.84 Å². The molecule has 0 radical (unpaired) electrons. The van der Waals surface area contributed by atoms with Gasteiger partial charge >= 0.3 is 5.97 Å². The zero-order valence-corrected chi connectivity index (χ0v) is 8.68. The maximum atomic E-state index is 12.0. The van der Waals surface area contributed by atoms with Crippen molar-refractivity contribution in [2.24, 2.45) is 5.92 Å². The summed E-state index contributed by atoms with van der Waals surface area (Å²) in [6.07, 6.45) is 0.673. The van der Waals surface area contributed by atoms with Crippen LogP contribution in [0.4, 0.5) is 0 Å². The molecule has 2 rings (SSSR count). The molecule has 1 atom stereocenters. The lowest BCUT2D eigenvalue weighted by Crippen LogP contribution is -2.18. The van der Waals surface area contributed by atoms with Gasteiger partial charge in [-0.3, -0.25) is 4.79 Å². The zero-order chi connectivity index (χ0) is 11.5. The lowest BCUT2D eigenvalue weighted by molar-refractivity contribution is 0.0689. The van der Waals surface area contributed by atoms with Crippen molar-refractivity contribution in [1.82, 2.24) is 0 Å². The van der Waals surface area contributed by atoms with E-state index in [2.05, 4.69) is 0 Å². The SMILES string of the molecule is O=C(O)c1ccccc1C(=O)C1CCOC1. The number of carbonyl (C=O) groups is 2. The molecule has 1 aromatic rings. The van der Waals surface area contributed by atoms with E-state index >= 15 is 0 Å². The summed E-state index contributed by atoms with van der Waals surface area (Å²) in [4.78, 5) is 23.0. The van der Waals surface area contributed by atoms with Crippen LogP contribution in [-0.4, -0.2) is 30.1 Å². The molecule has 4 heteroatoms. The Morgan fingerprint density at radius 1 is 1.25 bits per heavy atom. The van der Waals surface area contributed by atoms with Crippen molar-refractivity contribution in [1.29, 1.82) is 0 Å². The van der Waals surface area contributed by atoms with E-state index in [0.717, 1.165) is 0 Å². The highest BCUT2D eigenvalue weighted by Gasteiger charge is 2.27. The summed E-state index contributed by atoms with van der Waals surface area (Å²) >= 11 is 0. The molecule has 0 aliphatic carbocycles. The Morgan fingerprint density at radius 3 is 2.50 bits per heavy atom. The third-order valence-electron chi connectivity index (χ3n) is 2.72. The Labute approximate surface area is 92.8 Å². The van der Waals surface area contributed by atoms with E-state index in [1.165, 1.54) is 6.07 Å². The summed E-state index contributed by atoms with van der Waals surface area (Å²) in [6, 6.07) is 6.30. The normalized spacial score (nSPS) is 19.6. The quantitative estimate of drug-likeness (QED) is 0.786. The molecule has 84 valence electrons. The third kappa shape index (κ3) is 1.97. The fourth-order valence-electron chi connectivity index (χ4n) is 1.85. The number of rotatable bonds is 3. The Morgan fingerprint density at radius 2 is 1.94 bits per heavy atom. The van der Waals surface area contributed by atoms with Crippen LogP contribution in [0.25, 0.3) is 0 Å². The maximum Gasteiger partial charge on any atom is 0.336 e. The molecule has 1 N–H and O–H groups in total. The van der Waals surface area contributed by atoms with Crippen LogP contribution in [0.3, 0.4) is 0 Å². The van der Waals surface area contributed by atoms with Gasteiger partial charge in [-0.2, -0.15) is 0 Å². The fourth-order valence-corrected chi connectivity index (χ4v) is 1.85. The van der Waals surface area contributed by atoms with Crippen LogP contribution in [0.15, 0.2) is 24.3 Å². The van der Waals surface area contributed by atoms with Crippen molar-refractivity contribution in [3.63, 3.8) is 0 Å². The minimum atomic E-state index is -1.07. The van der Waals surface area contributed by atoms with Gasteiger partial charge in [0.1, 0.15) is 0 Å². The first-order valence-electron chi connectivity index (χ1n) is 5.14. The second-order valence-corrected chi connectivity index (χ2v) is 3.78. The van der Waals surface area contributed by atoms with E-state index in [9.17, 15) is 9.59 Å². The van der Waals surface area contributed by atoms with Crippen LogP contribution in [-0.2, 0) is 4.74 Å². The lowest BCUT2D eigenvalue weighted by atomic mass is 9.93. The Kier molecular flexibility index (Phi) is 3.01. The summed E-state index contributed by atoms with van der Waals surface area (Å²) in [5.41, 5.74) is 0.352. The summed E-state index contributed by atoms with van der Waals surface area (Å²) in [6.45, 7) is 0.971. The van der Waals surface area contributed by atoms with Crippen molar-refractivity contribution in [2.45, 2.75) is 6.42 Å². The van der Waals surface area contributed by atoms with Gasteiger partial charge in [0.05, 0.1) is 12.2 Å². The zero-order valence-electron chi connectivity index (χ0n) is 8.68. The Hall–Kier alpha value is -1.68. The number of carbonyl (C=O) groups excluding carboxylic acids is 1. The van der Waals surface area contributed by atoms with Gasteiger partial charge in [-0.25, -0.2) is 4.79 Å². The third-order valence-corrected chi connectivity index (χ3v) is 2.72. The predicted molar refractivity (Wildman–Crippen MR) is 56.7 cm³/mol. The van der Waals surface area contributed by atoms with Crippen molar-refractivity contribution in [3.8, 4) is 0 Å². The largest absolute Gasteiger partial charge is 0.478 e. The molecule has 1 saturated heterocycles. The second kappa shape index (κ2) is 4.45. The molecule has 0 bridgehead atoms. The number of aromatic carboxylic acids is 1. The highest BCUT2D eigenvalue weighted by Crippen LogP contribution is 2.20. The molecule has 1 unspecified atom stereocenters. The topological polar surface area (TPSA) is 63.6 Å². The molecule has 1 aliphatic heterocycles. The smallest absolute Gasteiger partial charge is 0.336 e. The first kappa shape index (κ1) is 10.8. The lowest BCUT2D eigenvalue weighted by Gasteiger charge is -2.08. The monoisotopic (exact) mass is 220 g/mol. The number of carboxylic acids is 1. The van der Waals surface area contributed by atoms with Gasteiger partial charge in [-0.15, -0.1) is 0 Å². The number of Topliss-reactive ketones (excluding diaryl/α,β-unsaturated/α-hetero) is 1. The highest BCUT2D eigenvalue weighted by atomic mass is 16.5. The average molecular weight is 220 g/mol. The minimum absolute atomic E-state index is 0.0689. The molecule has 1 fully saturated rings. The fraction of sp³-hybridized carbons (Fsp3) is 0.333. The van der Waals surface area contributed by atoms with E-state index in [1.54, 1.807) is 18.2 Å². The van der Waals surface area contributed by atoms with Gasteiger partial charge in [0.25, 0.3) is 0 Å². The van der Waals surface area contributed by atoms with Crippen molar-refractivity contribution in [2.75, 3.05) is 13.2 Å². The molecular weight excluding hydrogens is 208 g/mol. The van der Waals surface area contributed by atoms with Crippen LogP contribution in [0, 0.1) is 5.92 Å². The molecule has 0 aromatic heterocycles. The number of ketones is 1. The van der Waals surface area contributed by atoms with Crippen LogP contribution in [0.1, 0.15) is 27.1 Å². The first-order valence-corrected chi connectivity index (χ1v) is 5.14. The summed E-state index contributed by atoms with van der Waals surface area (Å²) in [5, 5.41) is 8.97. The minimum Gasteiger partial charge on any atom is -0.478 e. The molecule has 1 heterocycles. The van der Waals surface area contributed by atoms with Gasteiger partial charge in [-0.1, -0.05) is 18.2 Å². The number of ether oxygens (including phenoxy) is 1. The molecule has 4 nitrogen and oxygen atoms in total. The van der Waals surface area contributed by atoms with Gasteiger partial charge in [0, 0.05) is 18.1 Å². The van der Waals surface area contributed by atoms with Crippen LogP contribution < -0.4 is 0 Å². The molecule has 0 saturated carbocycles. The van der Waals surface area contributed by atoms with Gasteiger partial charge in [-0.05, 0) is 12.5 Å². The predicted octanol–water partition coefficient (Wildman–Crippen LogP) is 1.60. The summed E-state index contributed by atoms with van der Waals surface area (Å²) in [7, 11) is 0. The summed E-state index contributed by atoms with van der Waals surface area (Å²) < 4.78 is 5.13. The summed E-state index contributed by atoms with van der Waals surface area (Å²) in [5.74, 6) is -1.39. The molecule has 0 spiro atoms. The number of benzene rings is 1. The van der Waals surface area contributed by atoms with Crippen molar-refractivity contribution in [3.05, 3.63) is 35.4 Å². The van der Waals surface area contributed by atoms with Crippen molar-refractivity contribution < 1.29 is 19.4 Å². The molecular formula is C12H12O4. The number of hydrogen-bond acceptors (Lipinski definition) is 3. The van der Waals surface area contributed by atoms with E-state index < -0.39 is 5.97 Å². The highest BCUT2D eigenvalue weighted by molar-refractivity contribution is 6.06. The van der Waals surface area contributed by atoms with Crippen LogP contribution >= 0.6 is 0 Å². The van der Waals surface area contributed by atoms with Gasteiger partial charge in [0.15, 0.2) is 5.78 Å². The van der Waals surface area contributed by atoms with E-state index in [0.29, 0.717) is 19.6 Å². The second-order valence-electron chi connectivity index (χ2n) is 3.78. The van der Waals surface area contributed by atoms with Crippen LogP contribution in [0.5, 0.6) is 0 Å². The Bertz CT molecular complexity index is 419. The number of carboxylic acid groups (broad SMARTS) is 1. The standard InChI is InChI=1S/C12H12O4/c13-11(8-5-6-16-7-8)9-3-1-2-4-10(9)12(14)15/h1-4,8H,5-7H2,(H,14,15). The molecule has 0 amide bonds. The maximum absolute atomic E-state index is 12.0. The number of hydrogen-bond donors (Lipinski definition) is 1. The molecule has 1 aliphatic rings. The van der Waals surface area contributed by atoms with Gasteiger partial charge in [0.2, 0.25) is 0 Å². The van der Waals surface area contributed by atoms with Crippen molar-refractivity contribution >= 4 is 11.8 Å². The first-order chi connectivity index (χ1) is 7.70. The van der Waals surface area contributed by atoms with E-state index in [1.807, 2.05) is 0 Å². The van der Waals surface area contributed by atoms with E-state index in [-0.39, 0.29) is 22.8 Å². The Balaban J connectivity index is 2.32.